The molecule has 2 aromatic heterocycles. The number of alkyl carbamates (subject to hydrolysis) is 1. The van der Waals surface area contributed by atoms with E-state index in [0.29, 0.717) is 104 Å². The molecule has 4 aliphatic heterocycles. The van der Waals surface area contributed by atoms with Crippen LogP contribution in [0.2, 0.25) is 0 Å². The first-order valence-corrected chi connectivity index (χ1v) is 23.2. The molecule has 0 saturated carbocycles. The normalized spacial score (nSPS) is 17.0. The van der Waals surface area contributed by atoms with E-state index in [9.17, 15) is 19.2 Å². The molecule has 4 aliphatic rings. The molecule has 364 valence electrons. The number of amides is 3. The number of nitrogens with zero attached hydrogens (tertiary/aromatic N) is 3. The summed E-state index contributed by atoms with van der Waals surface area (Å²) in [4.78, 5) is 72.9. The van der Waals surface area contributed by atoms with Gasteiger partial charge in [0.2, 0.25) is 0 Å². The van der Waals surface area contributed by atoms with Crippen LogP contribution in [0.3, 0.4) is 0 Å². The van der Waals surface area contributed by atoms with Crippen LogP contribution in [-0.2, 0) is 38.0 Å². The smallest absolute Gasteiger partial charge is 0.407 e. The number of aryl methyl sites for hydroxylation is 1. The van der Waals surface area contributed by atoms with E-state index >= 15 is 0 Å². The summed E-state index contributed by atoms with van der Waals surface area (Å²) in [7, 11) is 2.97. The van der Waals surface area contributed by atoms with E-state index < -0.39 is 29.6 Å². The molecule has 67 heavy (non-hydrogen) atoms. The number of ether oxygens (including phenoxy) is 7. The first kappa shape index (κ1) is 50.9. The number of H-pyrrole nitrogens is 2. The van der Waals surface area contributed by atoms with Gasteiger partial charge >= 0.3 is 12.1 Å². The summed E-state index contributed by atoms with van der Waals surface area (Å²) in [5.41, 5.74) is 10.1. The Kier molecular flexibility index (Phi) is 17.2. The lowest BCUT2D eigenvalue weighted by atomic mass is 9.84. The van der Waals surface area contributed by atoms with E-state index in [0.717, 1.165) is 39.4 Å². The molecule has 0 fully saturated rings. The Balaban J connectivity index is 1.43. The van der Waals surface area contributed by atoms with Crippen molar-refractivity contribution in [3.63, 3.8) is 0 Å². The van der Waals surface area contributed by atoms with E-state index in [-0.39, 0.29) is 44.0 Å². The zero-order valence-electron chi connectivity index (χ0n) is 41.0. The second kappa shape index (κ2) is 22.6. The maximum atomic E-state index is 14.9. The van der Waals surface area contributed by atoms with E-state index in [1.54, 1.807) is 7.11 Å². The van der Waals surface area contributed by atoms with E-state index in [1.807, 2.05) is 59.7 Å². The number of fused-ring (bicyclic) bond motifs is 8. The molecule has 8 bridgehead atoms. The van der Waals surface area contributed by atoms with E-state index in [1.165, 1.54) is 12.0 Å². The minimum atomic E-state index is -0.589. The summed E-state index contributed by atoms with van der Waals surface area (Å²) in [5, 5.41) is 2.70. The SMILES string of the molecule is CCC1=C(C)c2cc3nc(cc4[nH]c(c5c6[nH]c(cc1n2)c(C)c6C(=O)N(CCOCCOCCOC)C5=O)[C@@H](CCC(=O)OC)[C@@H]4C)C(C)=C3C(C)OCCOCCNC(=O)OC(C)(C)C. The van der Waals surface area contributed by atoms with E-state index in [4.69, 9.17) is 43.1 Å². The Morgan fingerprint density at radius 3 is 2.18 bits per heavy atom. The molecule has 3 atom stereocenters. The van der Waals surface area contributed by atoms with Crippen molar-refractivity contribution >= 4 is 57.2 Å². The fourth-order valence-electron chi connectivity index (χ4n) is 8.89. The molecule has 17 nitrogen and oxygen atoms in total. The molecule has 6 rings (SSSR count). The summed E-state index contributed by atoms with van der Waals surface area (Å²) in [6.45, 7) is 20.3. The number of carbonyl (C=O) groups excluding carboxylic acids is 4. The number of nitrogens with one attached hydrogen (secondary N) is 3. The van der Waals surface area contributed by atoms with Gasteiger partial charge in [-0.3, -0.25) is 19.3 Å². The highest BCUT2D eigenvalue weighted by atomic mass is 16.6. The summed E-state index contributed by atoms with van der Waals surface area (Å²) in [5.74, 6) is -1.80. The van der Waals surface area contributed by atoms with Crippen LogP contribution in [0, 0.1) is 6.92 Å². The van der Waals surface area contributed by atoms with Gasteiger partial charge in [-0.2, -0.15) is 0 Å². The predicted octanol–water partition coefficient (Wildman–Crippen LogP) is 7.68. The zero-order valence-corrected chi connectivity index (χ0v) is 41.0. The number of aromatic nitrogens is 4. The predicted molar refractivity (Wildman–Crippen MR) is 254 cm³/mol. The molecule has 0 aliphatic carbocycles. The molecule has 0 radical (unpaired) electrons. The van der Waals surface area contributed by atoms with Crippen molar-refractivity contribution in [3.05, 3.63) is 69.1 Å². The van der Waals surface area contributed by atoms with E-state index in [2.05, 4.69) is 36.1 Å². The van der Waals surface area contributed by atoms with Crippen LogP contribution >= 0.6 is 0 Å². The largest absolute Gasteiger partial charge is 0.469 e. The summed E-state index contributed by atoms with van der Waals surface area (Å²) in [6.07, 6.45) is 0.297. The number of aromatic amines is 2. The molecule has 3 amide bonds. The fraction of sp³-hybridized carbons (Fsp3) is 0.560. The molecule has 0 spiro atoms. The maximum absolute atomic E-state index is 14.9. The van der Waals surface area contributed by atoms with Crippen molar-refractivity contribution in [1.82, 2.24) is 30.2 Å². The molecule has 2 aromatic rings. The highest BCUT2D eigenvalue weighted by Gasteiger charge is 2.40. The summed E-state index contributed by atoms with van der Waals surface area (Å²) >= 11 is 0. The number of hydrogen-bond acceptors (Lipinski definition) is 13. The second-order valence-electron chi connectivity index (χ2n) is 18.0. The van der Waals surface area contributed by atoms with Crippen LogP contribution < -0.4 is 5.32 Å². The van der Waals surface area contributed by atoms with Gasteiger partial charge in [-0.15, -0.1) is 0 Å². The minimum Gasteiger partial charge on any atom is -0.469 e. The molecule has 0 saturated heterocycles. The third-order valence-electron chi connectivity index (χ3n) is 12.4. The lowest BCUT2D eigenvalue weighted by molar-refractivity contribution is -0.140. The van der Waals surface area contributed by atoms with Crippen molar-refractivity contribution in [1.29, 1.82) is 0 Å². The Morgan fingerprint density at radius 1 is 0.821 bits per heavy atom. The number of imide groups is 1. The molecule has 6 heterocycles. The van der Waals surface area contributed by atoms with Gasteiger partial charge in [0, 0.05) is 54.4 Å². The number of rotatable bonds is 21. The highest BCUT2D eigenvalue weighted by Crippen LogP contribution is 2.45. The van der Waals surface area contributed by atoms with Gasteiger partial charge < -0.3 is 48.4 Å². The molecule has 0 aromatic carbocycles. The first-order valence-electron chi connectivity index (χ1n) is 23.2. The topological polar surface area (TPSA) is 206 Å². The molecular formula is C50H68N6O11. The molecular weight excluding hydrogens is 861 g/mol. The number of hydrogen-bond donors (Lipinski definition) is 3. The third kappa shape index (κ3) is 11.8. The Labute approximate surface area is 393 Å². The summed E-state index contributed by atoms with van der Waals surface area (Å²) in [6, 6.07) is 5.97. The third-order valence-corrected chi connectivity index (χ3v) is 12.4. The van der Waals surface area contributed by atoms with Crippen LogP contribution in [0.25, 0.3) is 33.3 Å². The van der Waals surface area contributed by atoms with Gasteiger partial charge in [-0.1, -0.05) is 13.8 Å². The van der Waals surface area contributed by atoms with Gasteiger partial charge in [0.05, 0.1) is 112 Å². The number of allylic oxidation sites excluding steroid dienone is 3. The highest BCUT2D eigenvalue weighted by molar-refractivity contribution is 6.23. The summed E-state index contributed by atoms with van der Waals surface area (Å²) < 4.78 is 38.9. The van der Waals surface area contributed by atoms with Crippen molar-refractivity contribution in [2.45, 2.75) is 105 Å². The number of carbonyl (C=O) groups is 4. The standard InChI is InChI=1S/C50H68N6O11/c1-12-33-28(2)35-27-40-42(32(6)66-24-23-63-17-15-51-49(60)67-50(7,8)9)30(4)37(53-40)25-36-29(3)34(13-14-41(57)62-11)45(54-36)44-46-43(31(5)38(55-46)26-39(33)52-35)47(58)56(48(44)59)16-18-64-21-22-65-20-19-61-10/h25-27,29,32,34,54-55H,12-24H2,1-11H3,(H,51,60)/t29-,32?,34-/m0/s1. The van der Waals surface area contributed by atoms with Crippen LogP contribution in [-0.4, -0.2) is 141 Å². The van der Waals surface area contributed by atoms with Crippen LogP contribution in [0.5, 0.6) is 0 Å². The first-order chi connectivity index (χ1) is 32.0. The second-order valence-corrected chi connectivity index (χ2v) is 18.0. The van der Waals surface area contributed by atoms with Crippen LogP contribution in [0.1, 0.15) is 147 Å². The van der Waals surface area contributed by atoms with Gasteiger partial charge in [-0.25, -0.2) is 14.8 Å². The van der Waals surface area contributed by atoms with Gasteiger partial charge in [0.25, 0.3) is 11.8 Å². The molecule has 17 heteroatoms. The average molecular weight is 929 g/mol. The lowest BCUT2D eigenvalue weighted by Crippen LogP contribution is -2.43. The quantitative estimate of drug-likeness (QED) is 0.0625. The number of esters is 1. The van der Waals surface area contributed by atoms with Crippen molar-refractivity contribution < 1.29 is 52.3 Å². The average Bonchev–Trinajstić information content (AvgIpc) is 3.96. The minimum absolute atomic E-state index is 0.0172. The zero-order chi connectivity index (χ0) is 48.6. The number of methoxy groups -OCH3 is 2. The van der Waals surface area contributed by atoms with Crippen molar-refractivity contribution in [2.75, 3.05) is 80.2 Å². The molecule has 3 N–H and O–H groups in total. The Hall–Kier alpha value is -5.46. The van der Waals surface area contributed by atoms with Crippen LogP contribution in [0.4, 0.5) is 4.79 Å². The van der Waals surface area contributed by atoms with Gasteiger partial charge in [-0.05, 0) is 102 Å². The Morgan fingerprint density at radius 2 is 1.48 bits per heavy atom. The lowest BCUT2D eigenvalue weighted by Gasteiger charge is -2.27. The van der Waals surface area contributed by atoms with Crippen LogP contribution in [0.15, 0.2) is 18.2 Å². The Bertz CT molecular complexity index is 2460. The van der Waals surface area contributed by atoms with Gasteiger partial charge in [0.1, 0.15) is 5.60 Å². The van der Waals surface area contributed by atoms with Crippen molar-refractivity contribution in [2.24, 2.45) is 0 Å². The molecule has 1 unspecified atom stereocenters. The van der Waals surface area contributed by atoms with Gasteiger partial charge in [0.15, 0.2) is 0 Å². The monoisotopic (exact) mass is 928 g/mol. The maximum Gasteiger partial charge on any atom is 0.407 e. The fourth-order valence-corrected chi connectivity index (χ4v) is 8.89. The van der Waals surface area contributed by atoms with Crippen molar-refractivity contribution in [3.8, 4) is 0 Å².